The van der Waals surface area contributed by atoms with Gasteiger partial charge in [-0.2, -0.15) is 5.26 Å². The monoisotopic (exact) mass is 352 g/mol. The summed E-state index contributed by atoms with van der Waals surface area (Å²) in [5, 5.41) is 28.6. The van der Waals surface area contributed by atoms with Crippen molar-refractivity contribution in [3.63, 3.8) is 0 Å². The first-order valence-electron chi connectivity index (χ1n) is 7.55. The van der Waals surface area contributed by atoms with Crippen LogP contribution < -0.4 is 0 Å². The minimum atomic E-state index is -0.0580. The van der Waals surface area contributed by atoms with Crippen molar-refractivity contribution in [2.75, 3.05) is 5.75 Å². The van der Waals surface area contributed by atoms with E-state index in [0.29, 0.717) is 17.5 Å². The number of fused-ring (bicyclic) bond motifs is 1. The summed E-state index contributed by atoms with van der Waals surface area (Å²) in [6.45, 7) is 6.15. The van der Waals surface area contributed by atoms with Crippen molar-refractivity contribution in [1.29, 1.82) is 5.26 Å². The molecule has 0 aliphatic heterocycles. The molecule has 3 rings (SSSR count). The number of imidazole rings is 1. The first-order valence-corrected chi connectivity index (χ1v) is 8.53. The van der Waals surface area contributed by atoms with Crippen molar-refractivity contribution < 1.29 is 5.11 Å². The summed E-state index contributed by atoms with van der Waals surface area (Å²) in [6.07, 6.45) is 1.76. The third-order valence-corrected chi connectivity index (χ3v) is 4.56. The summed E-state index contributed by atoms with van der Waals surface area (Å²) < 4.78 is 1.89. The number of nitrogens with one attached hydrogen (secondary N) is 1. The number of aliphatic hydroxyl groups is 1. The van der Waals surface area contributed by atoms with E-state index in [0.717, 1.165) is 16.9 Å². The smallest absolute Gasteiger partial charge is 0.191 e. The van der Waals surface area contributed by atoms with E-state index < -0.39 is 0 Å². The number of nitrogens with zero attached hydrogens (tertiary/aromatic N) is 5. The Morgan fingerprint density at radius 3 is 2.96 bits per heavy atom. The SMILES string of the molecule is C=CCn1c(C)nnc1SC/C(O)=C(\C#N)c1nc2ccccc2[nH]1. The highest BCUT2D eigenvalue weighted by atomic mass is 32.2. The van der Waals surface area contributed by atoms with Gasteiger partial charge in [-0.15, -0.1) is 16.8 Å². The zero-order chi connectivity index (χ0) is 17.8. The zero-order valence-corrected chi connectivity index (χ0v) is 14.4. The van der Waals surface area contributed by atoms with Crippen molar-refractivity contribution in [3.8, 4) is 6.07 Å². The molecular weight excluding hydrogens is 336 g/mol. The molecule has 1 aromatic carbocycles. The Labute approximate surface area is 148 Å². The second kappa shape index (κ2) is 7.23. The quantitative estimate of drug-likeness (QED) is 0.305. The Kier molecular flexibility index (Phi) is 4.86. The fourth-order valence-corrected chi connectivity index (χ4v) is 3.21. The van der Waals surface area contributed by atoms with Crippen LogP contribution in [0.3, 0.4) is 0 Å². The number of H-pyrrole nitrogens is 1. The van der Waals surface area contributed by atoms with Gasteiger partial charge in [0, 0.05) is 6.54 Å². The van der Waals surface area contributed by atoms with Gasteiger partial charge in [0.05, 0.1) is 16.8 Å². The van der Waals surface area contributed by atoms with Crippen LogP contribution in [0.5, 0.6) is 0 Å². The highest BCUT2D eigenvalue weighted by Gasteiger charge is 2.15. The van der Waals surface area contributed by atoms with Gasteiger partial charge < -0.3 is 14.7 Å². The number of para-hydroxylation sites is 2. The molecule has 0 bridgehead atoms. The molecule has 0 unspecified atom stereocenters. The van der Waals surface area contributed by atoms with Gasteiger partial charge >= 0.3 is 0 Å². The van der Waals surface area contributed by atoms with Gasteiger partial charge in [0.2, 0.25) is 0 Å². The van der Waals surface area contributed by atoms with Crippen LogP contribution in [-0.2, 0) is 6.54 Å². The number of aromatic nitrogens is 5. The number of hydrogen-bond acceptors (Lipinski definition) is 6. The second-order valence-electron chi connectivity index (χ2n) is 5.25. The molecule has 0 amide bonds. The number of hydrogen-bond donors (Lipinski definition) is 2. The lowest BCUT2D eigenvalue weighted by Gasteiger charge is -2.05. The van der Waals surface area contributed by atoms with Crippen LogP contribution >= 0.6 is 11.8 Å². The number of aryl methyl sites for hydroxylation is 1. The van der Waals surface area contributed by atoms with E-state index in [1.807, 2.05) is 41.8 Å². The topological polar surface area (TPSA) is 103 Å². The molecule has 2 aromatic heterocycles. The lowest BCUT2D eigenvalue weighted by Crippen LogP contribution is -2.01. The Hall–Kier alpha value is -3.05. The van der Waals surface area contributed by atoms with Gasteiger partial charge in [0.25, 0.3) is 0 Å². The fourth-order valence-electron chi connectivity index (χ4n) is 2.34. The number of allylic oxidation sites excluding steroid dienone is 2. The van der Waals surface area contributed by atoms with Gasteiger partial charge in [-0.25, -0.2) is 4.98 Å². The lowest BCUT2D eigenvalue weighted by molar-refractivity contribution is 0.420. The summed E-state index contributed by atoms with van der Waals surface area (Å²) in [7, 11) is 0. The van der Waals surface area contributed by atoms with Crippen LogP contribution in [0, 0.1) is 18.3 Å². The molecule has 0 radical (unpaired) electrons. The van der Waals surface area contributed by atoms with Crippen LogP contribution in [0.4, 0.5) is 0 Å². The highest BCUT2D eigenvalue weighted by molar-refractivity contribution is 7.99. The second-order valence-corrected chi connectivity index (χ2v) is 6.20. The largest absolute Gasteiger partial charge is 0.510 e. The molecule has 8 heteroatoms. The Balaban J connectivity index is 1.85. The van der Waals surface area contributed by atoms with Crippen LogP contribution in [-0.4, -0.2) is 35.6 Å². The maximum atomic E-state index is 10.4. The van der Waals surface area contributed by atoms with Crippen molar-refractivity contribution in [1.82, 2.24) is 24.7 Å². The fraction of sp³-hybridized carbons (Fsp3) is 0.176. The van der Waals surface area contributed by atoms with Crippen LogP contribution in [0.1, 0.15) is 11.6 Å². The maximum Gasteiger partial charge on any atom is 0.191 e. The summed E-state index contributed by atoms with van der Waals surface area (Å²) in [4.78, 5) is 7.41. The molecule has 7 nitrogen and oxygen atoms in total. The van der Waals surface area contributed by atoms with Gasteiger partial charge in [0.15, 0.2) is 11.0 Å². The van der Waals surface area contributed by atoms with Gasteiger partial charge in [-0.3, -0.25) is 0 Å². The third-order valence-electron chi connectivity index (χ3n) is 3.58. The van der Waals surface area contributed by atoms with E-state index >= 15 is 0 Å². The minimum absolute atomic E-state index is 0.0580. The van der Waals surface area contributed by atoms with Crippen LogP contribution in [0.15, 0.2) is 47.8 Å². The summed E-state index contributed by atoms with van der Waals surface area (Å²) in [6, 6.07) is 9.48. The zero-order valence-electron chi connectivity index (χ0n) is 13.6. The van der Waals surface area contributed by atoms with E-state index in [-0.39, 0.29) is 17.1 Å². The van der Waals surface area contributed by atoms with Crippen molar-refractivity contribution in [2.24, 2.45) is 0 Å². The molecule has 0 saturated heterocycles. The predicted molar refractivity (Wildman–Crippen MR) is 96.9 cm³/mol. The summed E-state index contributed by atoms with van der Waals surface area (Å²) in [5.41, 5.74) is 1.68. The molecule has 0 aliphatic carbocycles. The Bertz CT molecular complexity index is 961. The number of benzene rings is 1. The normalized spacial score (nSPS) is 12.0. The van der Waals surface area contributed by atoms with Crippen molar-refractivity contribution in [3.05, 3.63) is 54.3 Å². The van der Waals surface area contributed by atoms with Crippen molar-refractivity contribution in [2.45, 2.75) is 18.6 Å². The minimum Gasteiger partial charge on any atom is -0.510 e. The molecule has 25 heavy (non-hydrogen) atoms. The number of aliphatic hydroxyl groups excluding tert-OH is 1. The van der Waals surface area contributed by atoms with Gasteiger partial charge in [0.1, 0.15) is 23.2 Å². The average molecular weight is 352 g/mol. The van der Waals surface area contributed by atoms with Crippen LogP contribution in [0.25, 0.3) is 16.6 Å². The first-order chi connectivity index (χ1) is 12.1. The van der Waals surface area contributed by atoms with Gasteiger partial charge in [-0.1, -0.05) is 30.0 Å². The molecule has 126 valence electrons. The summed E-state index contributed by atoms with van der Waals surface area (Å²) >= 11 is 1.30. The van der Waals surface area contributed by atoms with Crippen molar-refractivity contribution >= 4 is 28.4 Å². The number of aromatic amines is 1. The molecule has 0 spiro atoms. The van der Waals surface area contributed by atoms with E-state index in [1.54, 1.807) is 6.08 Å². The Morgan fingerprint density at radius 2 is 2.24 bits per heavy atom. The molecule has 2 heterocycles. The number of nitriles is 1. The number of thioether (sulfide) groups is 1. The molecule has 0 aliphatic rings. The highest BCUT2D eigenvalue weighted by Crippen LogP contribution is 2.24. The van der Waals surface area contributed by atoms with E-state index in [1.165, 1.54) is 11.8 Å². The average Bonchev–Trinajstić information content (AvgIpc) is 3.18. The maximum absolute atomic E-state index is 10.4. The summed E-state index contributed by atoms with van der Waals surface area (Å²) in [5.74, 6) is 1.25. The first kappa shape index (κ1) is 16.8. The van der Waals surface area contributed by atoms with E-state index in [2.05, 4.69) is 26.7 Å². The Morgan fingerprint density at radius 1 is 1.44 bits per heavy atom. The van der Waals surface area contributed by atoms with E-state index in [4.69, 9.17) is 0 Å². The van der Waals surface area contributed by atoms with Gasteiger partial charge in [-0.05, 0) is 19.1 Å². The molecular formula is C17H16N6OS. The van der Waals surface area contributed by atoms with E-state index in [9.17, 15) is 10.4 Å². The standard InChI is InChI=1S/C17H16N6OS/c1-3-8-23-11(2)21-22-17(23)25-10-15(24)12(9-18)16-19-13-6-4-5-7-14(13)20-16/h3-7,24H,1,8,10H2,2H3,(H,19,20)/b15-12-. The van der Waals surface area contributed by atoms with Crippen LogP contribution in [0.2, 0.25) is 0 Å². The molecule has 0 fully saturated rings. The lowest BCUT2D eigenvalue weighted by atomic mass is 10.2. The molecule has 0 saturated carbocycles. The molecule has 0 atom stereocenters. The molecule has 3 aromatic rings. The number of rotatable bonds is 6. The third kappa shape index (κ3) is 3.41. The predicted octanol–water partition coefficient (Wildman–Crippen LogP) is 3.23. The molecule has 2 N–H and O–H groups in total.